The average Bonchev–Trinajstić information content (AvgIpc) is 2.66. The van der Waals surface area contributed by atoms with Gasteiger partial charge in [0.25, 0.3) is 0 Å². The van der Waals surface area contributed by atoms with Crippen LogP contribution in [0, 0.1) is 12.8 Å². The number of ether oxygens (including phenoxy) is 1. The molecule has 0 aromatic heterocycles. The van der Waals surface area contributed by atoms with Gasteiger partial charge in [0, 0.05) is 17.0 Å². The summed E-state index contributed by atoms with van der Waals surface area (Å²) in [5, 5.41) is 29.4. The van der Waals surface area contributed by atoms with Crippen molar-refractivity contribution in [2.75, 3.05) is 0 Å². The van der Waals surface area contributed by atoms with E-state index in [1.165, 1.54) is 33.8 Å². The lowest BCUT2D eigenvalue weighted by Crippen LogP contribution is -2.40. The lowest BCUT2D eigenvalue weighted by Gasteiger charge is -2.27. The number of cyclic esters (lactones) is 1. The van der Waals surface area contributed by atoms with Crippen LogP contribution in [-0.2, 0) is 15.1 Å². The van der Waals surface area contributed by atoms with E-state index in [1.807, 2.05) is 0 Å². The first-order chi connectivity index (χ1) is 9.61. The summed E-state index contributed by atoms with van der Waals surface area (Å²) >= 11 is 0. The Labute approximate surface area is 122 Å². The molecule has 6 heteroatoms. The number of hydrogen-bond acceptors (Lipinski definition) is 6. The molecule has 2 rings (SSSR count). The molecule has 0 aliphatic carbocycles. The van der Waals surface area contributed by atoms with E-state index in [1.54, 1.807) is 0 Å². The van der Waals surface area contributed by atoms with Crippen LogP contribution in [0.4, 0.5) is 0 Å². The lowest BCUT2D eigenvalue weighted by molar-refractivity contribution is -0.143. The number of fused-ring (bicyclic) bond motifs is 1. The fourth-order valence-electron chi connectivity index (χ4n) is 2.46. The number of esters is 1. The molecular weight excluding hydrogens is 276 g/mol. The van der Waals surface area contributed by atoms with E-state index in [-0.39, 0.29) is 22.4 Å². The van der Waals surface area contributed by atoms with Crippen molar-refractivity contribution in [1.29, 1.82) is 0 Å². The van der Waals surface area contributed by atoms with Gasteiger partial charge in [-0.25, -0.2) is 4.79 Å². The van der Waals surface area contributed by atoms with Crippen molar-refractivity contribution in [3.05, 3.63) is 22.8 Å². The molecule has 3 unspecified atom stereocenters. The number of hydrogen-bond donors (Lipinski definition) is 3. The van der Waals surface area contributed by atoms with Gasteiger partial charge in [0.15, 0.2) is 11.4 Å². The largest absolute Gasteiger partial charge is 0.508 e. The van der Waals surface area contributed by atoms with Gasteiger partial charge in [-0.2, -0.15) is 0 Å². The number of aliphatic hydroxyl groups excluding tert-OH is 1. The van der Waals surface area contributed by atoms with E-state index in [4.69, 9.17) is 4.74 Å². The zero-order valence-corrected chi connectivity index (χ0v) is 12.3. The smallest absolute Gasteiger partial charge is 0.343 e. The van der Waals surface area contributed by atoms with Gasteiger partial charge >= 0.3 is 5.97 Å². The molecule has 114 valence electrons. The van der Waals surface area contributed by atoms with Crippen LogP contribution < -0.4 is 0 Å². The molecule has 1 aromatic rings. The van der Waals surface area contributed by atoms with Crippen molar-refractivity contribution < 1.29 is 29.6 Å². The first kappa shape index (κ1) is 15.3. The molecule has 6 nitrogen and oxygen atoms in total. The second kappa shape index (κ2) is 4.73. The highest BCUT2D eigenvalue weighted by atomic mass is 16.6. The molecule has 21 heavy (non-hydrogen) atoms. The number of aromatic hydroxyl groups is 2. The third kappa shape index (κ3) is 2.06. The summed E-state index contributed by atoms with van der Waals surface area (Å²) < 4.78 is 5.17. The summed E-state index contributed by atoms with van der Waals surface area (Å²) in [6, 6.07) is 1.25. The molecule has 1 heterocycles. The highest BCUT2D eigenvalue weighted by Gasteiger charge is 2.51. The number of carbonyl (C=O) groups excluding carboxylic acids is 2. The van der Waals surface area contributed by atoms with Crippen LogP contribution >= 0.6 is 0 Å². The Hall–Kier alpha value is -2.08. The Morgan fingerprint density at radius 1 is 1.33 bits per heavy atom. The summed E-state index contributed by atoms with van der Waals surface area (Å²) in [5.41, 5.74) is -1.48. The van der Waals surface area contributed by atoms with Gasteiger partial charge < -0.3 is 20.1 Å². The number of Topliss-reactive ketones (excluding diaryl/α,β-unsaturated/α-hetero) is 1. The van der Waals surface area contributed by atoms with E-state index in [2.05, 4.69) is 0 Å². The summed E-state index contributed by atoms with van der Waals surface area (Å²) in [7, 11) is 0. The molecule has 0 spiro atoms. The van der Waals surface area contributed by atoms with Crippen LogP contribution in [0.15, 0.2) is 6.07 Å². The van der Waals surface area contributed by atoms with Crippen molar-refractivity contribution in [2.24, 2.45) is 5.92 Å². The van der Waals surface area contributed by atoms with Crippen molar-refractivity contribution in [3.8, 4) is 11.5 Å². The average molecular weight is 294 g/mol. The lowest BCUT2D eigenvalue weighted by atomic mass is 9.82. The Balaban J connectivity index is 2.63. The second-order valence-corrected chi connectivity index (χ2v) is 5.61. The maximum atomic E-state index is 12.5. The van der Waals surface area contributed by atoms with E-state index in [0.717, 1.165) is 0 Å². The Morgan fingerprint density at radius 2 is 1.90 bits per heavy atom. The van der Waals surface area contributed by atoms with Crippen LogP contribution in [0.5, 0.6) is 11.5 Å². The molecule has 3 atom stereocenters. The zero-order chi connectivity index (χ0) is 16.1. The van der Waals surface area contributed by atoms with Crippen molar-refractivity contribution >= 4 is 11.8 Å². The van der Waals surface area contributed by atoms with Crippen LogP contribution in [0.3, 0.4) is 0 Å². The van der Waals surface area contributed by atoms with Gasteiger partial charge in [-0.3, -0.25) is 4.79 Å². The maximum absolute atomic E-state index is 12.5. The number of phenolic OH excluding ortho intramolecular Hbond substituents is 2. The fourth-order valence-corrected chi connectivity index (χ4v) is 2.46. The third-order valence-electron chi connectivity index (χ3n) is 4.15. The summed E-state index contributed by atoms with van der Waals surface area (Å²) in [6.45, 7) is 5.84. The molecule has 0 amide bonds. The monoisotopic (exact) mass is 294 g/mol. The number of phenols is 2. The van der Waals surface area contributed by atoms with Gasteiger partial charge in [0.2, 0.25) is 0 Å². The van der Waals surface area contributed by atoms with Crippen molar-refractivity contribution in [1.82, 2.24) is 0 Å². The van der Waals surface area contributed by atoms with Gasteiger partial charge in [-0.1, -0.05) is 6.92 Å². The Kier molecular flexibility index (Phi) is 3.45. The Morgan fingerprint density at radius 3 is 2.43 bits per heavy atom. The molecule has 0 radical (unpaired) electrons. The summed E-state index contributed by atoms with van der Waals surface area (Å²) in [6.07, 6.45) is -0.912. The number of carbonyl (C=O) groups is 2. The SMILES string of the molecule is Cc1c(O)cc2c(c1O)C(=O)OC2(C)C(=O)C(C)C(C)O. The van der Waals surface area contributed by atoms with Gasteiger partial charge in [0.05, 0.1) is 6.10 Å². The third-order valence-corrected chi connectivity index (χ3v) is 4.15. The van der Waals surface area contributed by atoms with Crippen molar-refractivity contribution in [2.45, 2.75) is 39.4 Å². The van der Waals surface area contributed by atoms with Crippen molar-refractivity contribution in [3.63, 3.8) is 0 Å². The predicted molar refractivity (Wildman–Crippen MR) is 73.1 cm³/mol. The van der Waals surface area contributed by atoms with E-state index in [9.17, 15) is 24.9 Å². The number of aliphatic hydroxyl groups is 1. The molecule has 0 saturated carbocycles. The Bertz CT molecular complexity index is 634. The maximum Gasteiger partial charge on any atom is 0.343 e. The molecular formula is C15H18O6. The van der Waals surface area contributed by atoms with Crippen LogP contribution in [-0.4, -0.2) is 33.2 Å². The van der Waals surface area contributed by atoms with Gasteiger partial charge in [-0.05, 0) is 26.8 Å². The highest BCUT2D eigenvalue weighted by molar-refractivity contribution is 6.05. The summed E-state index contributed by atoms with van der Waals surface area (Å²) in [4.78, 5) is 24.5. The topological polar surface area (TPSA) is 104 Å². The van der Waals surface area contributed by atoms with Gasteiger partial charge in [0.1, 0.15) is 17.1 Å². The molecule has 0 saturated heterocycles. The molecule has 3 N–H and O–H groups in total. The minimum atomic E-state index is -1.63. The van der Waals surface area contributed by atoms with Crippen LogP contribution in [0.2, 0.25) is 0 Å². The van der Waals surface area contributed by atoms with Gasteiger partial charge in [-0.15, -0.1) is 0 Å². The molecule has 1 aromatic carbocycles. The molecule has 1 aliphatic rings. The number of benzene rings is 1. The predicted octanol–water partition coefficient (Wildman–Crippen LogP) is 1.38. The van der Waals surface area contributed by atoms with Crippen LogP contribution in [0.25, 0.3) is 0 Å². The highest BCUT2D eigenvalue weighted by Crippen LogP contribution is 2.46. The molecule has 0 bridgehead atoms. The standard InChI is InChI=1S/C15H18O6/c1-6(8(3)16)13(19)15(4)9-5-10(17)7(2)12(18)11(9)14(20)21-15/h5-6,8,16-18H,1-4H3. The van der Waals surface area contributed by atoms with E-state index in [0.29, 0.717) is 0 Å². The minimum absolute atomic E-state index is 0.112. The minimum Gasteiger partial charge on any atom is -0.508 e. The summed E-state index contributed by atoms with van der Waals surface area (Å²) in [5.74, 6) is -2.70. The second-order valence-electron chi connectivity index (χ2n) is 5.61. The first-order valence-electron chi connectivity index (χ1n) is 6.63. The van der Waals surface area contributed by atoms with E-state index >= 15 is 0 Å². The number of rotatable bonds is 3. The normalized spacial score (nSPS) is 23.4. The quantitative estimate of drug-likeness (QED) is 0.727. The number of ketones is 1. The molecule has 1 aliphatic heterocycles. The van der Waals surface area contributed by atoms with Crippen LogP contribution in [0.1, 0.15) is 42.3 Å². The fraction of sp³-hybridized carbons (Fsp3) is 0.467. The molecule has 0 fully saturated rings. The zero-order valence-electron chi connectivity index (χ0n) is 12.3. The van der Waals surface area contributed by atoms with E-state index < -0.39 is 35.1 Å². The first-order valence-corrected chi connectivity index (χ1v) is 6.63.